The Morgan fingerprint density at radius 2 is 1.18 bits per heavy atom. The Balaban J connectivity index is 3.18. The second-order valence-corrected chi connectivity index (χ2v) is 29.5. The van der Waals surface area contributed by atoms with Crippen molar-refractivity contribution in [3.63, 3.8) is 0 Å². The third-order valence-electron chi connectivity index (χ3n) is 3.76. The molecule has 1 rings (SSSR count). The average Bonchev–Trinajstić information content (AvgIpc) is 2.66. The monoisotopic (exact) mass is 468 g/mol. The van der Waals surface area contributed by atoms with Gasteiger partial charge in [-0.05, 0) is 78.6 Å². The molecule has 0 saturated carbocycles. The van der Waals surface area contributed by atoms with Crippen molar-refractivity contribution in [1.82, 2.24) is 0 Å². The lowest BCUT2D eigenvalue weighted by Crippen LogP contribution is -2.53. The zero-order valence-electron chi connectivity index (χ0n) is 20.1. The molecule has 1 heterocycles. The average molecular weight is 469 g/mol. The molecule has 1 aliphatic rings. The molecule has 28 heavy (non-hydrogen) atoms. The minimum atomic E-state index is -1.91. The lowest BCUT2D eigenvalue weighted by molar-refractivity contribution is -0.144. The van der Waals surface area contributed by atoms with E-state index in [-0.39, 0.29) is 12.2 Å². The summed E-state index contributed by atoms with van der Waals surface area (Å²) in [5.74, 6) is 0. The highest BCUT2D eigenvalue weighted by molar-refractivity contribution is 6.71. The smallest absolute Gasteiger partial charge is 0.184 e. The second kappa shape index (κ2) is 9.41. The highest BCUT2D eigenvalue weighted by Gasteiger charge is 2.52. The highest BCUT2D eigenvalue weighted by atomic mass is 28.4. The normalized spacial score (nSPS) is 28.6. The minimum Gasteiger partial charge on any atom is -0.415 e. The first kappa shape index (κ1) is 26.7. The fourth-order valence-electron chi connectivity index (χ4n) is 3.02. The van der Waals surface area contributed by atoms with Crippen LogP contribution in [0.15, 0.2) is 0 Å². The van der Waals surface area contributed by atoms with E-state index in [1.807, 2.05) is 0 Å². The van der Waals surface area contributed by atoms with Gasteiger partial charge >= 0.3 is 0 Å². The number of hydrogen-bond donors (Lipinski definition) is 1. The zero-order valence-corrected chi connectivity index (χ0v) is 24.1. The van der Waals surface area contributed by atoms with Crippen molar-refractivity contribution in [3.8, 4) is 0 Å². The molecule has 0 aromatic heterocycles. The molecule has 0 aromatic carbocycles. The van der Waals surface area contributed by atoms with Crippen LogP contribution in [0.2, 0.25) is 78.6 Å². The molecule has 10 heteroatoms. The maximum absolute atomic E-state index is 10.7. The predicted octanol–water partition coefficient (Wildman–Crippen LogP) is 4.22. The van der Waals surface area contributed by atoms with Crippen LogP contribution in [0.5, 0.6) is 0 Å². The molecule has 0 spiro atoms. The van der Waals surface area contributed by atoms with Crippen LogP contribution < -0.4 is 0 Å². The molecule has 1 saturated heterocycles. The summed E-state index contributed by atoms with van der Waals surface area (Å²) in [7, 11) is -7.40. The number of ether oxygens (including phenoxy) is 1. The second-order valence-electron chi connectivity index (χ2n) is 11.6. The van der Waals surface area contributed by atoms with Gasteiger partial charge in [-0.15, -0.1) is 0 Å². The third-order valence-corrected chi connectivity index (χ3v) is 7.76. The lowest BCUT2D eigenvalue weighted by Gasteiger charge is -2.37. The van der Waals surface area contributed by atoms with Crippen LogP contribution in [0.4, 0.5) is 0 Å². The molecule has 1 aliphatic heterocycles. The highest BCUT2D eigenvalue weighted by Crippen LogP contribution is 2.33. The van der Waals surface area contributed by atoms with Gasteiger partial charge in [0.2, 0.25) is 0 Å². The first-order valence-corrected chi connectivity index (χ1v) is 23.9. The Hall–Kier alpha value is 0.628. The fourth-order valence-corrected chi connectivity index (χ4v) is 6.95. The third kappa shape index (κ3) is 10.1. The Labute approximate surface area is 176 Å². The molecule has 0 bridgehead atoms. The molecular weight excluding hydrogens is 425 g/mol. The van der Waals surface area contributed by atoms with Gasteiger partial charge in [0.25, 0.3) is 0 Å². The molecule has 1 N–H and O–H groups in total. The zero-order chi connectivity index (χ0) is 22.1. The first-order valence-electron chi connectivity index (χ1n) is 10.3. The van der Waals surface area contributed by atoms with Crippen molar-refractivity contribution in [2.24, 2.45) is 0 Å². The van der Waals surface area contributed by atoms with Crippen molar-refractivity contribution in [2.45, 2.75) is 109 Å². The van der Waals surface area contributed by atoms with E-state index >= 15 is 0 Å². The lowest BCUT2D eigenvalue weighted by atomic mass is 10.1. The molecular formula is C18H44O6Si4. The van der Waals surface area contributed by atoms with Crippen LogP contribution in [0, 0.1) is 0 Å². The standard InChI is InChI=1S/C18H44O6Si4/c1-25(2,3)20-13-14(22-26(4,5)6)15-16(23-27(7,8)9)17(18(19)21-15)24-28(10,11)12/h14-19H,13H2,1-12H3/t14-,15-,16-,17+,18+/m0/s1. The Bertz CT molecular complexity index is 492. The Kier molecular flexibility index (Phi) is 8.96. The summed E-state index contributed by atoms with van der Waals surface area (Å²) in [5, 5.41) is 10.7. The van der Waals surface area contributed by atoms with Crippen molar-refractivity contribution in [3.05, 3.63) is 0 Å². The van der Waals surface area contributed by atoms with Crippen LogP contribution in [0.25, 0.3) is 0 Å². The number of hydrogen-bond acceptors (Lipinski definition) is 6. The Morgan fingerprint density at radius 1 is 0.714 bits per heavy atom. The molecule has 0 amide bonds. The summed E-state index contributed by atoms with van der Waals surface area (Å²) in [4.78, 5) is 0. The van der Waals surface area contributed by atoms with Gasteiger partial charge in [0.15, 0.2) is 39.6 Å². The van der Waals surface area contributed by atoms with Crippen molar-refractivity contribution in [1.29, 1.82) is 0 Å². The maximum atomic E-state index is 10.7. The van der Waals surface area contributed by atoms with Crippen molar-refractivity contribution in [2.75, 3.05) is 6.61 Å². The topological polar surface area (TPSA) is 66.4 Å². The molecule has 0 aliphatic carbocycles. The van der Waals surface area contributed by atoms with Gasteiger partial charge in [0, 0.05) is 0 Å². The fraction of sp³-hybridized carbons (Fsp3) is 1.00. The quantitative estimate of drug-likeness (QED) is 0.484. The molecule has 5 atom stereocenters. The van der Waals surface area contributed by atoms with E-state index in [1.54, 1.807) is 0 Å². The van der Waals surface area contributed by atoms with Gasteiger partial charge in [0.05, 0.1) is 12.7 Å². The summed E-state index contributed by atoms with van der Waals surface area (Å²) >= 11 is 0. The number of aliphatic hydroxyl groups excluding tert-OH is 1. The van der Waals surface area contributed by atoms with E-state index in [1.165, 1.54) is 0 Å². The van der Waals surface area contributed by atoms with Crippen LogP contribution >= 0.6 is 0 Å². The first-order chi connectivity index (χ1) is 12.3. The molecule has 1 fully saturated rings. The van der Waals surface area contributed by atoms with E-state index in [0.717, 1.165) is 0 Å². The summed E-state index contributed by atoms with van der Waals surface area (Å²) < 4.78 is 31.5. The van der Waals surface area contributed by atoms with Gasteiger partial charge in [0.1, 0.15) is 18.3 Å². The van der Waals surface area contributed by atoms with E-state index < -0.39 is 51.8 Å². The van der Waals surface area contributed by atoms with Gasteiger partial charge < -0.3 is 27.5 Å². The van der Waals surface area contributed by atoms with Gasteiger partial charge in [-0.3, -0.25) is 0 Å². The molecule has 0 radical (unpaired) electrons. The van der Waals surface area contributed by atoms with Crippen LogP contribution in [-0.2, 0) is 22.4 Å². The SMILES string of the molecule is C[Si](C)(C)OC[C@H](O[Si](C)(C)C)[C@@H]1O[C@@H](O)[C@H](O[Si](C)(C)C)[C@H]1O[Si](C)(C)C. The van der Waals surface area contributed by atoms with Crippen LogP contribution in [0.1, 0.15) is 0 Å². The largest absolute Gasteiger partial charge is 0.415 e. The van der Waals surface area contributed by atoms with Crippen molar-refractivity contribution >= 4 is 33.3 Å². The van der Waals surface area contributed by atoms with Crippen LogP contribution in [0.3, 0.4) is 0 Å². The van der Waals surface area contributed by atoms with E-state index in [0.29, 0.717) is 6.61 Å². The predicted molar refractivity (Wildman–Crippen MR) is 125 cm³/mol. The van der Waals surface area contributed by atoms with E-state index in [9.17, 15) is 5.11 Å². The summed E-state index contributed by atoms with van der Waals surface area (Å²) in [5.41, 5.74) is 0. The molecule has 0 unspecified atom stereocenters. The summed E-state index contributed by atoms with van der Waals surface area (Å²) in [6.07, 6.45) is -2.57. The number of rotatable bonds is 10. The van der Waals surface area contributed by atoms with Gasteiger partial charge in [-0.1, -0.05) is 0 Å². The summed E-state index contributed by atoms with van der Waals surface area (Å²) in [6, 6.07) is 0. The van der Waals surface area contributed by atoms with Gasteiger partial charge in [-0.25, -0.2) is 0 Å². The van der Waals surface area contributed by atoms with E-state index in [4.69, 9.17) is 22.4 Å². The van der Waals surface area contributed by atoms with E-state index in [2.05, 4.69) is 78.6 Å². The van der Waals surface area contributed by atoms with Crippen LogP contribution in [-0.4, -0.2) is 75.7 Å². The maximum Gasteiger partial charge on any atom is 0.184 e. The summed E-state index contributed by atoms with van der Waals surface area (Å²) in [6.45, 7) is 26.2. The molecule has 6 nitrogen and oxygen atoms in total. The minimum absolute atomic E-state index is 0.287. The van der Waals surface area contributed by atoms with Gasteiger partial charge in [-0.2, -0.15) is 0 Å². The van der Waals surface area contributed by atoms with Crippen molar-refractivity contribution < 1.29 is 27.5 Å². The number of aliphatic hydroxyl groups is 1. The molecule has 168 valence electrons. The molecule has 0 aromatic rings. The Morgan fingerprint density at radius 3 is 1.57 bits per heavy atom.